The van der Waals surface area contributed by atoms with Crippen molar-refractivity contribution in [3.63, 3.8) is 0 Å². The van der Waals surface area contributed by atoms with Gasteiger partial charge in [0.25, 0.3) is 11.8 Å². The Labute approximate surface area is 167 Å². The summed E-state index contributed by atoms with van der Waals surface area (Å²) in [6.45, 7) is 7.21. The number of aliphatic hydroxyl groups excluding tert-OH is 1. The van der Waals surface area contributed by atoms with E-state index in [0.717, 1.165) is 0 Å². The minimum atomic E-state index is -0.884. The van der Waals surface area contributed by atoms with Crippen molar-refractivity contribution in [1.82, 2.24) is 10.3 Å². The Morgan fingerprint density at radius 3 is 2.83 bits per heavy atom. The summed E-state index contributed by atoms with van der Waals surface area (Å²) in [5, 5.41) is 15.1. The molecule has 1 aromatic heterocycles. The van der Waals surface area contributed by atoms with Crippen LogP contribution >= 0.6 is 0 Å². The van der Waals surface area contributed by atoms with Crippen LogP contribution in [0.1, 0.15) is 39.3 Å². The van der Waals surface area contributed by atoms with Gasteiger partial charge in [-0.2, -0.15) is 0 Å². The third-order valence-corrected chi connectivity index (χ3v) is 4.89. The fraction of sp³-hybridized carbons (Fsp3) is 0.238. The molecule has 29 heavy (non-hydrogen) atoms. The second-order valence-corrected chi connectivity index (χ2v) is 7.00. The summed E-state index contributed by atoms with van der Waals surface area (Å²) in [5.74, 6) is -1.08. The van der Waals surface area contributed by atoms with Crippen molar-refractivity contribution in [3.05, 3.63) is 64.4 Å². The van der Waals surface area contributed by atoms with E-state index in [1.54, 1.807) is 19.9 Å². The van der Waals surface area contributed by atoms with Gasteiger partial charge >= 0.3 is 0 Å². The molecule has 6 N–H and O–H groups in total. The van der Waals surface area contributed by atoms with Crippen LogP contribution in [0.15, 0.2) is 30.5 Å². The first kappa shape index (κ1) is 20.3. The summed E-state index contributed by atoms with van der Waals surface area (Å²) in [6, 6.07) is 4.10. The zero-order valence-corrected chi connectivity index (χ0v) is 16.2. The van der Waals surface area contributed by atoms with Crippen LogP contribution in [0.25, 0.3) is 11.6 Å². The third-order valence-electron chi connectivity index (χ3n) is 4.89. The Bertz CT molecular complexity index is 1040. The normalized spacial score (nSPS) is 15.2. The van der Waals surface area contributed by atoms with Gasteiger partial charge in [-0.3, -0.25) is 9.59 Å². The number of nitrogens with one attached hydrogen (secondary N) is 3. The molecule has 0 fully saturated rings. The SMILES string of the molecule is C=C(N)[C@@H](O)CCNC(=O)c1c(C)[nH]c(/C=C2\C(=O)Nc3ccc(F)cc32)c1C. The van der Waals surface area contributed by atoms with Gasteiger partial charge in [-0.1, -0.05) is 6.58 Å². The number of carbonyl (C=O) groups excluding carboxylic acids is 2. The van der Waals surface area contributed by atoms with Crippen LogP contribution in [-0.4, -0.2) is 34.6 Å². The van der Waals surface area contributed by atoms with E-state index in [-0.39, 0.29) is 30.5 Å². The number of rotatable bonds is 6. The van der Waals surface area contributed by atoms with Crippen molar-refractivity contribution in [3.8, 4) is 0 Å². The Kier molecular flexibility index (Phi) is 5.56. The smallest absolute Gasteiger partial charge is 0.256 e. The van der Waals surface area contributed by atoms with E-state index in [2.05, 4.69) is 22.2 Å². The molecule has 1 aliphatic heterocycles. The number of aliphatic hydroxyl groups is 1. The van der Waals surface area contributed by atoms with E-state index in [4.69, 9.17) is 5.73 Å². The minimum absolute atomic E-state index is 0.147. The van der Waals surface area contributed by atoms with Gasteiger partial charge in [-0.15, -0.1) is 0 Å². The number of halogens is 1. The summed E-state index contributed by atoms with van der Waals surface area (Å²) in [5.41, 5.74) is 9.25. The van der Waals surface area contributed by atoms with Crippen LogP contribution in [0, 0.1) is 19.7 Å². The van der Waals surface area contributed by atoms with E-state index in [1.165, 1.54) is 18.2 Å². The highest BCUT2D eigenvalue weighted by Gasteiger charge is 2.26. The topological polar surface area (TPSA) is 120 Å². The molecule has 0 unspecified atom stereocenters. The minimum Gasteiger partial charge on any atom is -0.400 e. The van der Waals surface area contributed by atoms with Gasteiger partial charge in [0.1, 0.15) is 5.82 Å². The third kappa shape index (κ3) is 4.07. The molecule has 2 aromatic rings. The number of amides is 2. The van der Waals surface area contributed by atoms with Crippen LogP contribution in [0.5, 0.6) is 0 Å². The number of benzene rings is 1. The van der Waals surface area contributed by atoms with Crippen LogP contribution in [0.4, 0.5) is 10.1 Å². The molecule has 0 aliphatic carbocycles. The largest absolute Gasteiger partial charge is 0.400 e. The van der Waals surface area contributed by atoms with Crippen LogP contribution in [-0.2, 0) is 4.79 Å². The molecule has 7 nitrogen and oxygen atoms in total. The van der Waals surface area contributed by atoms with Gasteiger partial charge in [-0.05, 0) is 50.1 Å². The number of carbonyl (C=O) groups is 2. The molecule has 0 spiro atoms. The average Bonchev–Trinajstić information content (AvgIpc) is 3.11. The predicted octanol–water partition coefficient (Wildman–Crippen LogP) is 2.22. The second-order valence-electron chi connectivity index (χ2n) is 7.00. The van der Waals surface area contributed by atoms with E-state index in [9.17, 15) is 19.1 Å². The number of hydrogen-bond acceptors (Lipinski definition) is 4. The molecule has 152 valence electrons. The maximum absolute atomic E-state index is 13.6. The molecular weight excluding hydrogens is 375 g/mol. The molecule has 0 radical (unpaired) electrons. The molecule has 2 amide bonds. The highest BCUT2D eigenvalue weighted by Crippen LogP contribution is 2.34. The zero-order chi connectivity index (χ0) is 21.3. The highest BCUT2D eigenvalue weighted by molar-refractivity contribution is 6.34. The molecule has 3 rings (SSSR count). The fourth-order valence-corrected chi connectivity index (χ4v) is 3.30. The first-order chi connectivity index (χ1) is 13.7. The highest BCUT2D eigenvalue weighted by atomic mass is 19.1. The molecule has 1 atom stereocenters. The Morgan fingerprint density at radius 1 is 1.41 bits per heavy atom. The van der Waals surface area contributed by atoms with E-state index in [1.807, 2.05) is 0 Å². The van der Waals surface area contributed by atoms with E-state index < -0.39 is 11.9 Å². The summed E-state index contributed by atoms with van der Waals surface area (Å²) < 4.78 is 13.6. The van der Waals surface area contributed by atoms with Crippen molar-refractivity contribution >= 4 is 29.2 Å². The van der Waals surface area contributed by atoms with Crippen molar-refractivity contribution in [2.75, 3.05) is 11.9 Å². The lowest BCUT2D eigenvalue weighted by Gasteiger charge is -2.11. The summed E-state index contributed by atoms with van der Waals surface area (Å²) in [6.07, 6.45) is 0.982. The van der Waals surface area contributed by atoms with Crippen LogP contribution in [0.3, 0.4) is 0 Å². The van der Waals surface area contributed by atoms with E-state index >= 15 is 0 Å². The Hall–Kier alpha value is -3.39. The Balaban J connectivity index is 1.84. The standard InChI is InChI=1S/C21H23FN4O3/c1-10-17(9-15-14-8-13(22)4-5-16(14)26-20(15)28)25-12(3)19(10)21(29)24-7-6-18(27)11(2)23/h4-5,8-9,18,25,27H,2,6-7,23H2,1,3H3,(H,24,29)(H,26,28)/b15-9-/t18-/m0/s1. The second kappa shape index (κ2) is 7.92. The van der Waals surface area contributed by atoms with Gasteiger partial charge < -0.3 is 26.5 Å². The molecule has 0 bridgehead atoms. The van der Waals surface area contributed by atoms with Gasteiger partial charge in [0.05, 0.1) is 17.2 Å². The average molecular weight is 398 g/mol. The van der Waals surface area contributed by atoms with E-state index in [0.29, 0.717) is 39.3 Å². The van der Waals surface area contributed by atoms with Crippen molar-refractivity contribution < 1.29 is 19.1 Å². The first-order valence-corrected chi connectivity index (χ1v) is 9.11. The number of aromatic nitrogens is 1. The van der Waals surface area contributed by atoms with Gasteiger partial charge in [0, 0.05) is 34.9 Å². The van der Waals surface area contributed by atoms with Crippen molar-refractivity contribution in [1.29, 1.82) is 0 Å². The van der Waals surface area contributed by atoms with Gasteiger partial charge in [0.15, 0.2) is 0 Å². The molecule has 1 aromatic carbocycles. The number of H-pyrrole nitrogens is 1. The van der Waals surface area contributed by atoms with Gasteiger partial charge in [-0.25, -0.2) is 4.39 Å². The lowest BCUT2D eigenvalue weighted by molar-refractivity contribution is -0.110. The molecular formula is C21H23FN4O3. The van der Waals surface area contributed by atoms with Crippen LogP contribution in [0.2, 0.25) is 0 Å². The number of hydrogen-bond donors (Lipinski definition) is 5. The molecule has 8 heteroatoms. The monoisotopic (exact) mass is 398 g/mol. The number of aromatic amines is 1. The lowest BCUT2D eigenvalue weighted by Crippen LogP contribution is -2.29. The molecule has 0 saturated heterocycles. The number of anilines is 1. The molecule has 1 aliphatic rings. The Morgan fingerprint density at radius 2 is 2.14 bits per heavy atom. The molecule has 0 saturated carbocycles. The molecule has 2 heterocycles. The predicted molar refractivity (Wildman–Crippen MR) is 109 cm³/mol. The first-order valence-electron chi connectivity index (χ1n) is 9.11. The summed E-state index contributed by atoms with van der Waals surface area (Å²) in [7, 11) is 0. The summed E-state index contributed by atoms with van der Waals surface area (Å²) in [4.78, 5) is 28.0. The lowest BCUT2D eigenvalue weighted by atomic mass is 10.0. The van der Waals surface area contributed by atoms with Crippen molar-refractivity contribution in [2.45, 2.75) is 26.4 Å². The number of aryl methyl sites for hydroxylation is 1. The van der Waals surface area contributed by atoms with Crippen molar-refractivity contribution in [2.24, 2.45) is 5.73 Å². The quantitative estimate of drug-likeness (QED) is 0.479. The number of nitrogens with two attached hydrogens (primary N) is 1. The number of fused-ring (bicyclic) bond motifs is 1. The maximum Gasteiger partial charge on any atom is 0.256 e. The summed E-state index contributed by atoms with van der Waals surface area (Å²) >= 11 is 0. The zero-order valence-electron chi connectivity index (χ0n) is 16.2. The maximum atomic E-state index is 13.6. The fourth-order valence-electron chi connectivity index (χ4n) is 3.30. The van der Waals surface area contributed by atoms with Gasteiger partial charge in [0.2, 0.25) is 0 Å². The van der Waals surface area contributed by atoms with Crippen LogP contribution < -0.4 is 16.4 Å².